The molecule has 2 aromatic heterocycles. The Morgan fingerprint density at radius 3 is 2.76 bits per heavy atom. The molecule has 0 saturated carbocycles. The summed E-state index contributed by atoms with van der Waals surface area (Å²) in [7, 11) is -4.65. The van der Waals surface area contributed by atoms with Gasteiger partial charge in [0, 0.05) is 24.2 Å². The van der Waals surface area contributed by atoms with Gasteiger partial charge < -0.3 is 19.9 Å². The van der Waals surface area contributed by atoms with Crippen LogP contribution in [0.1, 0.15) is 24.3 Å². The summed E-state index contributed by atoms with van der Waals surface area (Å²) in [4.78, 5) is 43.7. The number of aromatic nitrogens is 3. The van der Waals surface area contributed by atoms with Crippen molar-refractivity contribution in [2.24, 2.45) is 0 Å². The van der Waals surface area contributed by atoms with Crippen LogP contribution >= 0.6 is 19.5 Å². The maximum Gasteiger partial charge on any atom is 0.459 e. The van der Waals surface area contributed by atoms with Crippen LogP contribution in [0.2, 0.25) is 0 Å². The van der Waals surface area contributed by atoms with Crippen LogP contribution in [0.5, 0.6) is 5.75 Å². The SMILES string of the molecule is C[C@@H](C(=O)OCc1ccccc1)N(C[C@@H]1C[C@H](F)[C@H](n2ccc(N)nc2=O)S1)P(=O)(O)Oc1cccnc1. The number of nitrogens with zero attached hydrogens (tertiary/aromatic N) is 4. The number of nitrogen functional groups attached to an aromatic ring is 1. The van der Waals surface area contributed by atoms with E-state index in [-0.39, 0.29) is 31.1 Å². The number of esters is 1. The number of alkyl halides is 1. The van der Waals surface area contributed by atoms with Gasteiger partial charge in [-0.15, -0.1) is 11.8 Å². The van der Waals surface area contributed by atoms with E-state index in [1.165, 1.54) is 43.7 Å². The average Bonchev–Trinajstić information content (AvgIpc) is 3.26. The zero-order valence-corrected chi connectivity index (χ0v) is 22.1. The number of pyridine rings is 1. The van der Waals surface area contributed by atoms with Gasteiger partial charge in [0.25, 0.3) is 0 Å². The predicted octanol–water partition coefficient (Wildman–Crippen LogP) is 3.18. The normalized spacial score (nSPS) is 21.5. The van der Waals surface area contributed by atoms with Crippen LogP contribution in [0.4, 0.5) is 10.2 Å². The Bertz CT molecular complexity index is 1350. The molecule has 3 N–H and O–H groups in total. The molecule has 3 heterocycles. The van der Waals surface area contributed by atoms with Gasteiger partial charge in [-0.25, -0.2) is 13.8 Å². The maximum absolute atomic E-state index is 15.0. The van der Waals surface area contributed by atoms with Gasteiger partial charge in [0.05, 0.1) is 6.20 Å². The molecule has 0 aliphatic carbocycles. The third-order valence-corrected chi connectivity index (χ3v) is 8.98. The molecule has 1 unspecified atom stereocenters. The van der Waals surface area contributed by atoms with Gasteiger partial charge >= 0.3 is 19.4 Å². The minimum Gasteiger partial charge on any atom is -0.460 e. The first-order chi connectivity index (χ1) is 18.1. The number of anilines is 1. The van der Waals surface area contributed by atoms with Gasteiger partial charge in [0.1, 0.15) is 35.8 Å². The van der Waals surface area contributed by atoms with Gasteiger partial charge in [-0.05, 0) is 37.1 Å². The Balaban J connectivity index is 1.53. The summed E-state index contributed by atoms with van der Waals surface area (Å²) in [6.07, 6.45) is 2.61. The van der Waals surface area contributed by atoms with Crippen molar-refractivity contribution in [2.45, 2.75) is 42.8 Å². The Hall–Kier alpha value is -3.25. The monoisotopic (exact) mass is 563 g/mol. The molecule has 1 fully saturated rings. The largest absolute Gasteiger partial charge is 0.460 e. The Labute approximate surface area is 222 Å². The van der Waals surface area contributed by atoms with Gasteiger partial charge in [-0.1, -0.05) is 30.3 Å². The van der Waals surface area contributed by atoms with Crippen LogP contribution in [-0.2, 0) is 20.7 Å². The summed E-state index contributed by atoms with van der Waals surface area (Å²) in [6.45, 7) is 1.19. The van der Waals surface area contributed by atoms with Crippen molar-refractivity contribution >= 4 is 31.3 Å². The molecule has 14 heteroatoms. The van der Waals surface area contributed by atoms with E-state index >= 15 is 4.39 Å². The van der Waals surface area contributed by atoms with Crippen molar-refractivity contribution in [3.05, 3.63) is 83.2 Å². The first kappa shape index (κ1) is 27.8. The molecule has 5 atom stereocenters. The van der Waals surface area contributed by atoms with Crippen LogP contribution in [0.3, 0.4) is 0 Å². The highest BCUT2D eigenvalue weighted by atomic mass is 32.2. The van der Waals surface area contributed by atoms with Gasteiger partial charge in [-0.2, -0.15) is 9.65 Å². The number of rotatable bonds is 10. The summed E-state index contributed by atoms with van der Waals surface area (Å²) in [5, 5.41) is -1.48. The molecule has 1 saturated heterocycles. The predicted molar refractivity (Wildman–Crippen MR) is 140 cm³/mol. The van der Waals surface area contributed by atoms with E-state index in [1.54, 1.807) is 24.3 Å². The molecular formula is C24H27FN5O6PS. The lowest BCUT2D eigenvalue weighted by atomic mass is 10.2. The molecule has 0 radical (unpaired) electrons. The number of ether oxygens (including phenoxy) is 1. The molecule has 0 amide bonds. The summed E-state index contributed by atoms with van der Waals surface area (Å²) in [5.74, 6) is -0.717. The van der Waals surface area contributed by atoms with E-state index in [0.717, 1.165) is 26.6 Å². The Kier molecular flexibility index (Phi) is 8.83. The van der Waals surface area contributed by atoms with Gasteiger partial charge in [0.15, 0.2) is 0 Å². The van der Waals surface area contributed by atoms with E-state index in [1.807, 2.05) is 6.07 Å². The van der Waals surface area contributed by atoms with E-state index in [4.69, 9.17) is 15.0 Å². The van der Waals surface area contributed by atoms with Gasteiger partial charge in [-0.3, -0.25) is 14.3 Å². The van der Waals surface area contributed by atoms with Crippen LogP contribution in [0.15, 0.2) is 71.9 Å². The average molecular weight is 564 g/mol. The maximum atomic E-state index is 15.0. The fourth-order valence-electron chi connectivity index (χ4n) is 3.93. The lowest BCUT2D eigenvalue weighted by Crippen LogP contribution is -2.42. The van der Waals surface area contributed by atoms with Crippen molar-refractivity contribution in [3.8, 4) is 5.75 Å². The molecule has 0 spiro atoms. The summed E-state index contributed by atoms with van der Waals surface area (Å²) in [6, 6.07) is 12.1. The minimum absolute atomic E-state index is 0.0176. The fourth-order valence-corrected chi connectivity index (χ4v) is 6.98. The van der Waals surface area contributed by atoms with Crippen molar-refractivity contribution in [1.29, 1.82) is 0 Å². The molecule has 0 bridgehead atoms. The quantitative estimate of drug-likeness (QED) is 0.277. The van der Waals surface area contributed by atoms with Crippen molar-refractivity contribution in [3.63, 3.8) is 0 Å². The fraction of sp³-hybridized carbons (Fsp3) is 0.333. The molecular weight excluding hydrogens is 536 g/mol. The molecule has 202 valence electrons. The molecule has 38 heavy (non-hydrogen) atoms. The topological polar surface area (TPSA) is 150 Å². The number of nitrogens with two attached hydrogens (primary N) is 1. The van der Waals surface area contributed by atoms with Gasteiger partial charge in [0.2, 0.25) is 0 Å². The van der Waals surface area contributed by atoms with E-state index in [0.29, 0.717) is 0 Å². The highest BCUT2D eigenvalue weighted by Gasteiger charge is 2.44. The molecule has 4 rings (SSSR count). The second kappa shape index (κ2) is 12.1. The Morgan fingerprint density at radius 1 is 1.32 bits per heavy atom. The minimum atomic E-state index is -4.65. The van der Waals surface area contributed by atoms with E-state index in [2.05, 4.69) is 9.97 Å². The number of thioether (sulfide) groups is 1. The second-order valence-corrected chi connectivity index (χ2v) is 11.7. The summed E-state index contributed by atoms with van der Waals surface area (Å²) < 4.78 is 41.4. The van der Waals surface area contributed by atoms with E-state index in [9.17, 15) is 19.0 Å². The van der Waals surface area contributed by atoms with Crippen LogP contribution in [0.25, 0.3) is 0 Å². The van der Waals surface area contributed by atoms with Crippen molar-refractivity contribution < 1.29 is 27.9 Å². The van der Waals surface area contributed by atoms with Crippen LogP contribution in [0, 0.1) is 0 Å². The standard InChI is InChI=1S/C24H27FN5O6PS/c1-16(23(31)35-15-17-6-3-2-4-7-17)30(37(33,34)36-18-8-5-10-27-13-18)14-19-12-20(25)22(38-19)29-11-9-21(26)28-24(29)32/h2-11,13,16,19-20,22H,12,14-15H2,1H3,(H,33,34)(H2,26,28,32)/t16-,19-,20-,22+/m0/s1. The zero-order valence-electron chi connectivity index (χ0n) is 20.4. The summed E-state index contributed by atoms with van der Waals surface area (Å²) >= 11 is 1.10. The molecule has 1 aliphatic heterocycles. The lowest BCUT2D eigenvalue weighted by molar-refractivity contribution is -0.149. The first-order valence-electron chi connectivity index (χ1n) is 11.7. The molecule has 3 aromatic rings. The zero-order chi connectivity index (χ0) is 27.3. The number of hydrogen-bond acceptors (Lipinski definition) is 9. The van der Waals surface area contributed by atoms with Crippen molar-refractivity contribution in [1.82, 2.24) is 19.2 Å². The number of carbonyl (C=O) groups excluding carboxylic acids is 1. The smallest absolute Gasteiger partial charge is 0.459 e. The third-order valence-electron chi connectivity index (χ3n) is 5.84. The van der Waals surface area contributed by atoms with Crippen LogP contribution in [-0.4, -0.2) is 54.1 Å². The number of hydrogen-bond donors (Lipinski definition) is 2. The van der Waals surface area contributed by atoms with E-state index < -0.39 is 42.2 Å². The second-order valence-electron chi connectivity index (χ2n) is 8.60. The first-order valence-corrected chi connectivity index (χ1v) is 14.2. The number of halogens is 1. The molecule has 1 aromatic carbocycles. The Morgan fingerprint density at radius 2 is 2.08 bits per heavy atom. The van der Waals surface area contributed by atoms with Crippen molar-refractivity contribution in [2.75, 3.05) is 12.3 Å². The molecule has 1 aliphatic rings. The molecule has 11 nitrogen and oxygen atoms in total. The lowest BCUT2D eigenvalue weighted by Gasteiger charge is -2.32. The number of carbonyl (C=O) groups is 1. The highest BCUT2D eigenvalue weighted by molar-refractivity contribution is 8.00. The summed E-state index contributed by atoms with van der Waals surface area (Å²) in [5.41, 5.74) is 5.58. The highest BCUT2D eigenvalue weighted by Crippen LogP contribution is 2.51. The number of benzene rings is 1. The third kappa shape index (κ3) is 6.79. The van der Waals surface area contributed by atoms with Crippen LogP contribution < -0.4 is 15.9 Å².